The van der Waals surface area contributed by atoms with Crippen LogP contribution < -0.4 is 0 Å². The van der Waals surface area contributed by atoms with Crippen LogP contribution in [0.25, 0.3) is 0 Å². The highest BCUT2D eigenvalue weighted by molar-refractivity contribution is 9.10. The summed E-state index contributed by atoms with van der Waals surface area (Å²) in [5.74, 6) is -0.0908. The van der Waals surface area contributed by atoms with Crippen LogP contribution in [0.15, 0.2) is 62.4 Å². The quantitative estimate of drug-likeness (QED) is 0.667. The van der Waals surface area contributed by atoms with Crippen LogP contribution in [0.1, 0.15) is 10.4 Å². The number of nitrogens with zero attached hydrogens (tertiary/aromatic N) is 2. The molecule has 5 nitrogen and oxygen atoms in total. The van der Waals surface area contributed by atoms with Gasteiger partial charge in [-0.25, -0.2) is 8.42 Å². The molecule has 1 amide bonds. The smallest absolute Gasteiger partial charge is 0.255 e. The van der Waals surface area contributed by atoms with E-state index in [4.69, 9.17) is 0 Å². The third kappa shape index (κ3) is 3.97. The lowest BCUT2D eigenvalue weighted by Crippen LogP contribution is -2.50. The first-order valence-corrected chi connectivity index (χ1v) is 10.7. The van der Waals surface area contributed by atoms with Crippen LogP contribution in [0.3, 0.4) is 0 Å². The van der Waals surface area contributed by atoms with Gasteiger partial charge in [-0.05, 0) is 46.3 Å². The minimum atomic E-state index is -3.55. The Morgan fingerprint density at radius 2 is 1.60 bits per heavy atom. The fourth-order valence-corrected chi connectivity index (χ4v) is 5.19. The predicted molar refractivity (Wildman–Crippen MR) is 103 cm³/mol. The van der Waals surface area contributed by atoms with E-state index in [0.29, 0.717) is 18.7 Å². The fraction of sp³-hybridized carbons (Fsp3) is 0.235. The number of hydrogen-bond donors (Lipinski definition) is 0. The molecule has 1 aliphatic heterocycles. The summed E-state index contributed by atoms with van der Waals surface area (Å²) in [6.07, 6.45) is 0. The summed E-state index contributed by atoms with van der Waals surface area (Å²) in [6.45, 7) is 1.30. The largest absolute Gasteiger partial charge is 0.336 e. The summed E-state index contributed by atoms with van der Waals surface area (Å²) in [5.41, 5.74) is 0.589. The molecule has 0 unspecified atom stereocenters. The Morgan fingerprint density at radius 1 is 0.920 bits per heavy atom. The van der Waals surface area contributed by atoms with Crippen molar-refractivity contribution in [2.75, 3.05) is 26.2 Å². The second-order valence-corrected chi connectivity index (χ2v) is 9.34. The topological polar surface area (TPSA) is 57.7 Å². The Hall–Kier alpha value is -1.22. The second-order valence-electron chi connectivity index (χ2n) is 5.63. The van der Waals surface area contributed by atoms with Gasteiger partial charge < -0.3 is 4.90 Å². The van der Waals surface area contributed by atoms with Gasteiger partial charge in [-0.3, -0.25) is 4.79 Å². The van der Waals surface area contributed by atoms with E-state index < -0.39 is 10.0 Å². The molecule has 0 spiro atoms. The molecule has 0 bridgehead atoms. The van der Waals surface area contributed by atoms with E-state index in [-0.39, 0.29) is 23.9 Å². The first-order valence-electron chi connectivity index (χ1n) is 7.69. The number of rotatable bonds is 3. The number of carbonyl (C=O) groups excluding carboxylic acids is 1. The Balaban J connectivity index is 1.72. The number of amides is 1. The zero-order valence-electron chi connectivity index (χ0n) is 13.2. The molecule has 1 fully saturated rings. The maximum absolute atomic E-state index is 12.7. The van der Waals surface area contributed by atoms with Crippen molar-refractivity contribution in [1.82, 2.24) is 9.21 Å². The fourth-order valence-electron chi connectivity index (χ4n) is 2.71. The molecule has 3 rings (SSSR count). The molecule has 0 aromatic heterocycles. The average Bonchev–Trinajstić information content (AvgIpc) is 2.62. The van der Waals surface area contributed by atoms with Crippen molar-refractivity contribution >= 4 is 47.8 Å². The van der Waals surface area contributed by atoms with Crippen LogP contribution >= 0.6 is 31.9 Å². The van der Waals surface area contributed by atoms with E-state index in [1.165, 1.54) is 4.31 Å². The highest BCUT2D eigenvalue weighted by Gasteiger charge is 2.30. The number of halogens is 2. The minimum absolute atomic E-state index is 0.0908. The van der Waals surface area contributed by atoms with Gasteiger partial charge in [-0.15, -0.1) is 0 Å². The maximum atomic E-state index is 12.7. The van der Waals surface area contributed by atoms with Gasteiger partial charge in [0.2, 0.25) is 10.0 Å². The lowest BCUT2D eigenvalue weighted by atomic mass is 10.2. The Labute approximate surface area is 163 Å². The van der Waals surface area contributed by atoms with Crippen LogP contribution in [0.5, 0.6) is 0 Å². The van der Waals surface area contributed by atoms with Crippen LogP contribution in [0, 0.1) is 0 Å². The lowest BCUT2D eigenvalue weighted by Gasteiger charge is -2.34. The van der Waals surface area contributed by atoms with Crippen LogP contribution in [-0.2, 0) is 10.0 Å². The average molecular weight is 488 g/mol. The molecule has 0 saturated carbocycles. The maximum Gasteiger partial charge on any atom is 0.255 e. The first-order chi connectivity index (χ1) is 11.9. The highest BCUT2D eigenvalue weighted by atomic mass is 79.9. The van der Waals surface area contributed by atoms with Gasteiger partial charge in [0.15, 0.2) is 0 Å². The van der Waals surface area contributed by atoms with E-state index >= 15 is 0 Å². The normalized spacial score (nSPS) is 16.0. The molecule has 0 N–H and O–H groups in total. The van der Waals surface area contributed by atoms with Crippen LogP contribution in [0.2, 0.25) is 0 Å². The zero-order valence-corrected chi connectivity index (χ0v) is 17.2. The summed E-state index contributed by atoms with van der Waals surface area (Å²) in [7, 11) is -3.55. The van der Waals surface area contributed by atoms with Crippen molar-refractivity contribution in [3.63, 3.8) is 0 Å². The molecule has 0 radical (unpaired) electrons. The van der Waals surface area contributed by atoms with Crippen molar-refractivity contribution in [2.24, 2.45) is 0 Å². The Morgan fingerprint density at radius 3 is 2.24 bits per heavy atom. The summed E-state index contributed by atoms with van der Waals surface area (Å²) >= 11 is 6.69. The van der Waals surface area contributed by atoms with Gasteiger partial charge in [0.25, 0.3) is 5.91 Å². The first kappa shape index (κ1) is 18.6. The van der Waals surface area contributed by atoms with Crippen LogP contribution in [-0.4, -0.2) is 49.7 Å². The van der Waals surface area contributed by atoms with E-state index in [9.17, 15) is 13.2 Å². The summed E-state index contributed by atoms with van der Waals surface area (Å²) in [6, 6.07) is 13.9. The lowest BCUT2D eigenvalue weighted by molar-refractivity contribution is 0.0697. The molecule has 8 heteroatoms. The number of hydrogen-bond acceptors (Lipinski definition) is 3. The molecule has 1 heterocycles. The number of benzene rings is 2. The molecular weight excluding hydrogens is 472 g/mol. The standard InChI is InChI=1S/C17H16Br2N2O3S/c18-13-4-3-5-14(12-13)25(23,24)21-10-8-20(9-11-21)17(22)15-6-1-2-7-16(15)19/h1-7,12H,8-11H2. The van der Waals surface area contributed by atoms with Gasteiger partial charge in [0.1, 0.15) is 0 Å². The van der Waals surface area contributed by atoms with Crippen molar-refractivity contribution in [1.29, 1.82) is 0 Å². The van der Waals surface area contributed by atoms with Gasteiger partial charge in [-0.1, -0.05) is 34.1 Å². The number of sulfonamides is 1. The molecule has 132 valence electrons. The molecule has 2 aromatic rings. The van der Waals surface area contributed by atoms with E-state index in [1.54, 1.807) is 35.2 Å². The van der Waals surface area contributed by atoms with Crippen molar-refractivity contribution in [2.45, 2.75) is 4.90 Å². The third-order valence-corrected chi connectivity index (χ3v) is 7.14. The monoisotopic (exact) mass is 486 g/mol. The molecule has 25 heavy (non-hydrogen) atoms. The molecule has 1 saturated heterocycles. The van der Waals surface area contributed by atoms with E-state index in [0.717, 1.165) is 8.95 Å². The molecule has 0 atom stereocenters. The van der Waals surface area contributed by atoms with Crippen LogP contribution in [0.4, 0.5) is 0 Å². The van der Waals surface area contributed by atoms with E-state index in [2.05, 4.69) is 31.9 Å². The van der Waals surface area contributed by atoms with Crippen molar-refractivity contribution in [3.05, 3.63) is 63.0 Å². The van der Waals surface area contributed by atoms with Gasteiger partial charge in [0.05, 0.1) is 10.5 Å². The minimum Gasteiger partial charge on any atom is -0.336 e. The molecule has 2 aromatic carbocycles. The molecular formula is C17H16Br2N2O3S. The predicted octanol–water partition coefficient (Wildman–Crippen LogP) is 3.36. The zero-order chi connectivity index (χ0) is 18.0. The van der Waals surface area contributed by atoms with Crippen molar-refractivity contribution < 1.29 is 13.2 Å². The van der Waals surface area contributed by atoms with Gasteiger partial charge in [-0.2, -0.15) is 4.31 Å². The van der Waals surface area contributed by atoms with Crippen molar-refractivity contribution in [3.8, 4) is 0 Å². The summed E-state index contributed by atoms with van der Waals surface area (Å²) in [4.78, 5) is 14.6. The Bertz CT molecular complexity index is 894. The third-order valence-electron chi connectivity index (χ3n) is 4.06. The SMILES string of the molecule is O=C(c1ccccc1Br)N1CCN(S(=O)(=O)c2cccc(Br)c2)CC1. The van der Waals surface area contributed by atoms with E-state index in [1.807, 2.05) is 18.2 Å². The number of piperazine rings is 1. The summed E-state index contributed by atoms with van der Waals surface area (Å²) in [5, 5.41) is 0. The molecule has 1 aliphatic rings. The van der Waals surface area contributed by atoms with Gasteiger partial charge >= 0.3 is 0 Å². The Kier molecular flexibility index (Phi) is 5.62. The number of carbonyl (C=O) groups is 1. The van der Waals surface area contributed by atoms with Gasteiger partial charge in [0, 0.05) is 35.1 Å². The second kappa shape index (κ2) is 7.57. The highest BCUT2D eigenvalue weighted by Crippen LogP contribution is 2.23. The molecule has 0 aliphatic carbocycles. The summed E-state index contributed by atoms with van der Waals surface area (Å²) < 4.78 is 28.4.